The maximum absolute atomic E-state index is 5.15. The molecular formula is C21H40N2. The van der Waals surface area contributed by atoms with Gasteiger partial charge in [-0.15, -0.1) is 0 Å². The minimum Gasteiger partial charge on any atom is -0.345 e. The molecule has 0 saturated heterocycles. The molecule has 0 aliphatic heterocycles. The van der Waals surface area contributed by atoms with Gasteiger partial charge in [0.25, 0.3) is 0 Å². The first-order chi connectivity index (χ1) is 10.6. The second-order valence-corrected chi connectivity index (χ2v) is 8.96. The summed E-state index contributed by atoms with van der Waals surface area (Å²) in [7, 11) is 0. The summed E-state index contributed by atoms with van der Waals surface area (Å²) in [4.78, 5) is 8.89. The normalized spacial score (nSPS) is 14.5. The molecule has 1 aromatic rings. The zero-order valence-electron chi connectivity index (χ0n) is 17.1. The van der Waals surface area contributed by atoms with E-state index in [1.807, 2.05) is 0 Å². The van der Waals surface area contributed by atoms with E-state index in [1.54, 1.807) is 0 Å². The molecule has 1 N–H and O–H groups in total. The van der Waals surface area contributed by atoms with Gasteiger partial charge in [-0.05, 0) is 18.8 Å². The Kier molecular flexibility index (Phi) is 6.92. The minimum absolute atomic E-state index is 0.114. The second-order valence-electron chi connectivity index (χ2n) is 8.96. The van der Waals surface area contributed by atoms with Gasteiger partial charge in [0.15, 0.2) is 0 Å². The molecule has 2 heteroatoms. The molecule has 0 spiro atoms. The number of aromatic nitrogens is 2. The SMILES string of the molecule is CCCCCC(C)(C)c1nc(C(C)(C)CC)[nH]c1C(C)C(C)C. The van der Waals surface area contributed by atoms with E-state index in [1.165, 1.54) is 42.9 Å². The molecule has 1 aromatic heterocycles. The third-order valence-corrected chi connectivity index (χ3v) is 5.76. The highest BCUT2D eigenvalue weighted by atomic mass is 15.0. The van der Waals surface area contributed by atoms with Gasteiger partial charge in [-0.3, -0.25) is 0 Å². The van der Waals surface area contributed by atoms with Crippen LogP contribution in [0, 0.1) is 5.92 Å². The van der Waals surface area contributed by atoms with Crippen LogP contribution in [0.3, 0.4) is 0 Å². The van der Waals surface area contributed by atoms with Gasteiger partial charge in [0.05, 0.1) is 5.69 Å². The maximum atomic E-state index is 5.15. The van der Waals surface area contributed by atoms with Crippen molar-refractivity contribution < 1.29 is 0 Å². The number of rotatable bonds is 9. The summed E-state index contributed by atoms with van der Waals surface area (Å²) in [5.41, 5.74) is 2.94. The van der Waals surface area contributed by atoms with E-state index in [0.717, 1.165) is 6.42 Å². The molecule has 0 amide bonds. The predicted molar refractivity (Wildman–Crippen MR) is 102 cm³/mol. The number of hydrogen-bond donors (Lipinski definition) is 1. The van der Waals surface area contributed by atoms with E-state index < -0.39 is 0 Å². The molecule has 1 unspecified atom stereocenters. The number of nitrogens with zero attached hydrogens (tertiary/aromatic N) is 1. The lowest BCUT2D eigenvalue weighted by molar-refractivity contribution is 0.423. The minimum atomic E-state index is 0.114. The van der Waals surface area contributed by atoms with Gasteiger partial charge >= 0.3 is 0 Å². The van der Waals surface area contributed by atoms with E-state index in [2.05, 4.69) is 67.3 Å². The summed E-state index contributed by atoms with van der Waals surface area (Å²) in [6.07, 6.45) is 6.20. The van der Waals surface area contributed by atoms with Crippen LogP contribution in [0.25, 0.3) is 0 Å². The van der Waals surface area contributed by atoms with Crippen LogP contribution in [0.2, 0.25) is 0 Å². The summed E-state index contributed by atoms with van der Waals surface area (Å²) in [5, 5.41) is 0. The molecule has 0 saturated carbocycles. The third kappa shape index (κ3) is 4.84. The van der Waals surface area contributed by atoms with Crippen LogP contribution in [-0.4, -0.2) is 9.97 Å². The molecular weight excluding hydrogens is 280 g/mol. The van der Waals surface area contributed by atoms with Crippen molar-refractivity contribution in [3.63, 3.8) is 0 Å². The largest absolute Gasteiger partial charge is 0.345 e. The standard InChI is InChI=1S/C21H40N2/c1-10-12-13-14-21(8,9)18-17(16(5)15(3)4)22-19(23-18)20(6,7)11-2/h15-16H,10-14H2,1-9H3,(H,22,23). The molecule has 1 heterocycles. The van der Waals surface area contributed by atoms with Crippen LogP contribution < -0.4 is 0 Å². The van der Waals surface area contributed by atoms with Crippen LogP contribution >= 0.6 is 0 Å². The van der Waals surface area contributed by atoms with Crippen LogP contribution in [-0.2, 0) is 10.8 Å². The Bertz CT molecular complexity index is 480. The van der Waals surface area contributed by atoms with Gasteiger partial charge in [-0.2, -0.15) is 0 Å². The first-order valence-corrected chi connectivity index (χ1v) is 9.67. The Labute approximate surface area is 144 Å². The van der Waals surface area contributed by atoms with Crippen LogP contribution in [0.1, 0.15) is 118 Å². The van der Waals surface area contributed by atoms with E-state index in [9.17, 15) is 0 Å². The molecule has 0 aromatic carbocycles. The highest BCUT2D eigenvalue weighted by Crippen LogP contribution is 2.38. The van der Waals surface area contributed by atoms with Gasteiger partial charge in [0, 0.05) is 22.4 Å². The van der Waals surface area contributed by atoms with Gasteiger partial charge in [-0.25, -0.2) is 4.98 Å². The van der Waals surface area contributed by atoms with E-state index in [0.29, 0.717) is 11.8 Å². The average molecular weight is 321 g/mol. The van der Waals surface area contributed by atoms with Gasteiger partial charge < -0.3 is 4.98 Å². The van der Waals surface area contributed by atoms with Crippen molar-refractivity contribution in [2.24, 2.45) is 5.92 Å². The predicted octanol–water partition coefficient (Wildman–Crippen LogP) is 6.71. The lowest BCUT2D eigenvalue weighted by Gasteiger charge is -2.26. The lowest BCUT2D eigenvalue weighted by atomic mass is 9.79. The first-order valence-electron chi connectivity index (χ1n) is 9.67. The van der Waals surface area contributed by atoms with Crippen LogP contribution in [0.4, 0.5) is 0 Å². The van der Waals surface area contributed by atoms with Gasteiger partial charge in [0.1, 0.15) is 5.82 Å². The summed E-state index contributed by atoms with van der Waals surface area (Å²) < 4.78 is 0. The van der Waals surface area contributed by atoms with Crippen molar-refractivity contribution in [3.8, 4) is 0 Å². The molecule has 0 fully saturated rings. The van der Waals surface area contributed by atoms with Crippen molar-refractivity contribution in [1.29, 1.82) is 0 Å². The topological polar surface area (TPSA) is 28.7 Å². The Morgan fingerprint density at radius 3 is 2.04 bits per heavy atom. The highest BCUT2D eigenvalue weighted by Gasteiger charge is 2.33. The lowest BCUT2D eigenvalue weighted by Crippen LogP contribution is -2.22. The number of H-pyrrole nitrogens is 1. The third-order valence-electron chi connectivity index (χ3n) is 5.76. The second kappa shape index (κ2) is 7.85. The fourth-order valence-corrected chi connectivity index (χ4v) is 2.99. The molecule has 134 valence electrons. The summed E-state index contributed by atoms with van der Waals surface area (Å²) >= 11 is 0. The number of hydrogen-bond acceptors (Lipinski definition) is 1. The number of unbranched alkanes of at least 4 members (excludes halogenated alkanes) is 2. The Balaban J connectivity index is 3.27. The van der Waals surface area contributed by atoms with E-state index in [-0.39, 0.29) is 10.8 Å². The van der Waals surface area contributed by atoms with Crippen molar-refractivity contribution in [3.05, 3.63) is 17.2 Å². The van der Waals surface area contributed by atoms with E-state index >= 15 is 0 Å². The Morgan fingerprint density at radius 2 is 1.57 bits per heavy atom. The zero-order chi connectivity index (χ0) is 17.8. The number of imidazole rings is 1. The summed E-state index contributed by atoms with van der Waals surface area (Å²) in [5.74, 6) is 2.31. The molecule has 2 nitrogen and oxygen atoms in total. The maximum Gasteiger partial charge on any atom is 0.112 e. The molecule has 0 radical (unpaired) electrons. The first kappa shape index (κ1) is 20.3. The smallest absolute Gasteiger partial charge is 0.112 e. The van der Waals surface area contributed by atoms with Crippen LogP contribution in [0.5, 0.6) is 0 Å². The van der Waals surface area contributed by atoms with Crippen molar-refractivity contribution in [1.82, 2.24) is 9.97 Å². The highest BCUT2D eigenvalue weighted by molar-refractivity contribution is 5.28. The molecule has 0 aliphatic carbocycles. The Hall–Kier alpha value is -0.790. The van der Waals surface area contributed by atoms with Crippen molar-refractivity contribution in [2.45, 2.75) is 111 Å². The molecule has 1 rings (SSSR count). The summed E-state index contributed by atoms with van der Waals surface area (Å²) in [6.45, 7) is 20.8. The quantitative estimate of drug-likeness (QED) is 0.503. The van der Waals surface area contributed by atoms with Crippen molar-refractivity contribution in [2.75, 3.05) is 0 Å². The molecule has 23 heavy (non-hydrogen) atoms. The van der Waals surface area contributed by atoms with E-state index in [4.69, 9.17) is 4.98 Å². The zero-order valence-corrected chi connectivity index (χ0v) is 17.1. The number of aromatic amines is 1. The fraction of sp³-hybridized carbons (Fsp3) is 0.857. The van der Waals surface area contributed by atoms with Gasteiger partial charge in [-0.1, -0.05) is 81.6 Å². The fourth-order valence-electron chi connectivity index (χ4n) is 2.99. The Morgan fingerprint density at radius 1 is 0.957 bits per heavy atom. The molecule has 0 bridgehead atoms. The van der Waals surface area contributed by atoms with Crippen LogP contribution in [0.15, 0.2) is 0 Å². The van der Waals surface area contributed by atoms with Gasteiger partial charge in [0.2, 0.25) is 0 Å². The monoisotopic (exact) mass is 320 g/mol. The summed E-state index contributed by atoms with van der Waals surface area (Å²) in [6, 6.07) is 0. The average Bonchev–Trinajstić information content (AvgIpc) is 2.93. The van der Waals surface area contributed by atoms with Crippen molar-refractivity contribution >= 4 is 0 Å². The molecule has 1 atom stereocenters. The number of nitrogens with one attached hydrogen (secondary N) is 1. The molecule has 0 aliphatic rings.